The molecular weight excluding hydrogens is 320 g/mol. The monoisotopic (exact) mass is 338 g/mol. The normalized spacial score (nSPS) is 14.7. The fourth-order valence-electron chi connectivity index (χ4n) is 2.99. The third kappa shape index (κ3) is 3.06. The van der Waals surface area contributed by atoms with Crippen LogP contribution in [-0.2, 0) is 4.74 Å². The van der Waals surface area contributed by atoms with E-state index in [2.05, 4.69) is 20.4 Å². The first-order valence-electron chi connectivity index (χ1n) is 8.17. The fraction of sp³-hybridized carbons (Fsp3) is 0.278. The third-order valence-electron chi connectivity index (χ3n) is 4.20. The van der Waals surface area contributed by atoms with Gasteiger partial charge in [-0.3, -0.25) is 4.79 Å². The molecule has 7 nitrogen and oxygen atoms in total. The number of anilines is 2. The van der Waals surface area contributed by atoms with E-state index in [0.29, 0.717) is 30.4 Å². The first-order valence-corrected chi connectivity index (χ1v) is 8.17. The van der Waals surface area contributed by atoms with Crippen LogP contribution in [0.1, 0.15) is 16.1 Å². The summed E-state index contributed by atoms with van der Waals surface area (Å²) in [5.41, 5.74) is 0.508. The molecule has 1 fully saturated rings. The van der Waals surface area contributed by atoms with Gasteiger partial charge in [-0.2, -0.15) is 0 Å². The van der Waals surface area contributed by atoms with Gasteiger partial charge in [0.2, 0.25) is 0 Å². The molecule has 128 valence electrons. The Labute approximate surface area is 144 Å². The highest BCUT2D eigenvalue weighted by Crippen LogP contribution is 2.28. The zero-order valence-electron chi connectivity index (χ0n) is 13.9. The molecule has 0 unspecified atom stereocenters. The number of aryl methyl sites for hydroxylation is 1. The molecule has 1 N–H and O–H groups in total. The number of amides is 1. The van der Waals surface area contributed by atoms with Crippen LogP contribution in [0.4, 0.5) is 11.6 Å². The standard InChI is InChI=1S/C18H18N4O3/c1-12-10-16(21-25-12)20-18(23)15-11-19-17(22-6-8-24-9-7-22)14-5-3-2-4-13(14)15/h2-5,10-11H,6-9H2,1H3,(H,20,21,23). The van der Waals surface area contributed by atoms with Crippen LogP contribution in [0.25, 0.3) is 10.8 Å². The molecule has 4 rings (SSSR count). The summed E-state index contributed by atoms with van der Waals surface area (Å²) in [5.74, 6) is 1.66. The van der Waals surface area contributed by atoms with Gasteiger partial charge in [0.15, 0.2) is 5.82 Å². The van der Waals surface area contributed by atoms with Crippen molar-refractivity contribution in [2.45, 2.75) is 6.92 Å². The molecule has 7 heteroatoms. The van der Waals surface area contributed by atoms with Gasteiger partial charge in [0, 0.05) is 30.7 Å². The average Bonchev–Trinajstić information content (AvgIpc) is 3.06. The SMILES string of the molecule is Cc1cc(NC(=O)c2cnc(N3CCOCC3)c3ccccc23)no1. The number of aromatic nitrogens is 2. The minimum atomic E-state index is -0.259. The Bertz CT molecular complexity index is 916. The highest BCUT2D eigenvalue weighted by atomic mass is 16.5. The number of pyridine rings is 1. The van der Waals surface area contributed by atoms with Crippen molar-refractivity contribution in [1.82, 2.24) is 10.1 Å². The molecule has 1 aliphatic heterocycles. The minimum absolute atomic E-state index is 0.259. The van der Waals surface area contributed by atoms with Crippen LogP contribution >= 0.6 is 0 Å². The van der Waals surface area contributed by atoms with Crippen molar-refractivity contribution < 1.29 is 14.1 Å². The molecule has 1 saturated heterocycles. The van der Waals surface area contributed by atoms with Crippen molar-refractivity contribution in [2.24, 2.45) is 0 Å². The van der Waals surface area contributed by atoms with E-state index >= 15 is 0 Å². The van der Waals surface area contributed by atoms with Crippen molar-refractivity contribution >= 4 is 28.3 Å². The van der Waals surface area contributed by atoms with E-state index in [1.54, 1.807) is 19.2 Å². The fourth-order valence-corrected chi connectivity index (χ4v) is 2.99. The number of carbonyl (C=O) groups excluding carboxylic acids is 1. The Morgan fingerprint density at radius 1 is 1.20 bits per heavy atom. The van der Waals surface area contributed by atoms with Gasteiger partial charge in [-0.25, -0.2) is 4.98 Å². The average molecular weight is 338 g/mol. The lowest BCUT2D eigenvalue weighted by molar-refractivity contribution is 0.102. The number of hydrogen-bond acceptors (Lipinski definition) is 6. The summed E-state index contributed by atoms with van der Waals surface area (Å²) in [6.45, 7) is 4.73. The Hall–Kier alpha value is -2.93. The summed E-state index contributed by atoms with van der Waals surface area (Å²) >= 11 is 0. The number of fused-ring (bicyclic) bond motifs is 1. The molecule has 0 radical (unpaired) electrons. The molecule has 3 heterocycles. The van der Waals surface area contributed by atoms with Gasteiger partial charge in [-0.05, 0) is 12.3 Å². The molecule has 0 atom stereocenters. The van der Waals surface area contributed by atoms with Gasteiger partial charge in [0.1, 0.15) is 11.6 Å². The van der Waals surface area contributed by atoms with E-state index in [9.17, 15) is 4.79 Å². The maximum Gasteiger partial charge on any atom is 0.259 e. The molecule has 0 aliphatic carbocycles. The third-order valence-corrected chi connectivity index (χ3v) is 4.20. The van der Waals surface area contributed by atoms with E-state index in [4.69, 9.17) is 9.26 Å². The highest BCUT2D eigenvalue weighted by Gasteiger charge is 2.19. The quantitative estimate of drug-likeness (QED) is 0.791. The molecule has 0 saturated carbocycles. The van der Waals surface area contributed by atoms with Gasteiger partial charge in [-0.15, -0.1) is 0 Å². The number of ether oxygens (including phenoxy) is 1. The number of rotatable bonds is 3. The molecule has 0 spiro atoms. The lowest BCUT2D eigenvalue weighted by Gasteiger charge is -2.29. The van der Waals surface area contributed by atoms with Gasteiger partial charge in [0.25, 0.3) is 5.91 Å². The van der Waals surface area contributed by atoms with Crippen molar-refractivity contribution in [1.29, 1.82) is 0 Å². The molecule has 0 bridgehead atoms. The number of nitrogens with zero attached hydrogens (tertiary/aromatic N) is 3. The molecule has 3 aromatic rings. The Kier molecular flexibility index (Phi) is 4.07. The summed E-state index contributed by atoms with van der Waals surface area (Å²) in [6, 6.07) is 9.47. The van der Waals surface area contributed by atoms with Gasteiger partial charge >= 0.3 is 0 Å². The second kappa shape index (κ2) is 6.52. The van der Waals surface area contributed by atoms with Gasteiger partial charge in [-0.1, -0.05) is 29.4 Å². The van der Waals surface area contributed by atoms with Crippen LogP contribution in [0.3, 0.4) is 0 Å². The van der Waals surface area contributed by atoms with Crippen LogP contribution in [0.15, 0.2) is 41.1 Å². The van der Waals surface area contributed by atoms with Crippen LogP contribution in [0.2, 0.25) is 0 Å². The zero-order chi connectivity index (χ0) is 17.2. The van der Waals surface area contributed by atoms with Crippen molar-refractivity contribution in [3.63, 3.8) is 0 Å². The van der Waals surface area contributed by atoms with Crippen LogP contribution < -0.4 is 10.2 Å². The van der Waals surface area contributed by atoms with Crippen molar-refractivity contribution in [3.05, 3.63) is 47.9 Å². The Balaban J connectivity index is 1.71. The molecule has 1 amide bonds. The Morgan fingerprint density at radius 2 is 1.96 bits per heavy atom. The van der Waals surface area contributed by atoms with E-state index in [1.807, 2.05) is 24.3 Å². The van der Waals surface area contributed by atoms with Crippen LogP contribution in [-0.4, -0.2) is 42.4 Å². The first kappa shape index (κ1) is 15.6. The predicted molar refractivity (Wildman–Crippen MR) is 94.0 cm³/mol. The minimum Gasteiger partial charge on any atom is -0.378 e. The summed E-state index contributed by atoms with van der Waals surface area (Å²) in [7, 11) is 0. The second-order valence-electron chi connectivity index (χ2n) is 5.92. The van der Waals surface area contributed by atoms with Crippen LogP contribution in [0, 0.1) is 6.92 Å². The smallest absolute Gasteiger partial charge is 0.259 e. The second-order valence-corrected chi connectivity index (χ2v) is 5.92. The molecule has 25 heavy (non-hydrogen) atoms. The molecule has 1 aromatic carbocycles. The topological polar surface area (TPSA) is 80.5 Å². The number of carbonyl (C=O) groups is 1. The molecule has 1 aliphatic rings. The number of benzene rings is 1. The summed E-state index contributed by atoms with van der Waals surface area (Å²) in [5, 5.41) is 8.37. The van der Waals surface area contributed by atoms with Crippen molar-refractivity contribution in [2.75, 3.05) is 36.5 Å². The number of nitrogens with one attached hydrogen (secondary N) is 1. The van der Waals surface area contributed by atoms with E-state index < -0.39 is 0 Å². The van der Waals surface area contributed by atoms with E-state index in [0.717, 1.165) is 29.7 Å². The lowest BCUT2D eigenvalue weighted by Crippen LogP contribution is -2.37. The number of hydrogen-bond donors (Lipinski definition) is 1. The predicted octanol–water partition coefficient (Wildman–Crippen LogP) is 2.62. The van der Waals surface area contributed by atoms with Gasteiger partial charge in [0.05, 0.1) is 18.8 Å². The summed E-state index contributed by atoms with van der Waals surface area (Å²) < 4.78 is 10.4. The zero-order valence-corrected chi connectivity index (χ0v) is 13.9. The van der Waals surface area contributed by atoms with E-state index in [1.165, 1.54) is 0 Å². The first-order chi connectivity index (χ1) is 12.2. The Morgan fingerprint density at radius 3 is 2.68 bits per heavy atom. The highest BCUT2D eigenvalue weighted by molar-refractivity contribution is 6.14. The van der Waals surface area contributed by atoms with E-state index in [-0.39, 0.29) is 5.91 Å². The molecular formula is C18H18N4O3. The van der Waals surface area contributed by atoms with Crippen molar-refractivity contribution in [3.8, 4) is 0 Å². The number of morpholine rings is 1. The lowest BCUT2D eigenvalue weighted by atomic mass is 10.1. The summed E-state index contributed by atoms with van der Waals surface area (Å²) in [6.07, 6.45) is 1.62. The summed E-state index contributed by atoms with van der Waals surface area (Å²) in [4.78, 5) is 19.4. The molecule has 2 aromatic heterocycles. The largest absolute Gasteiger partial charge is 0.378 e. The van der Waals surface area contributed by atoms with Gasteiger partial charge < -0.3 is 19.5 Å². The maximum atomic E-state index is 12.7. The maximum absolute atomic E-state index is 12.7. The van der Waals surface area contributed by atoms with Crippen LogP contribution in [0.5, 0.6) is 0 Å².